The Morgan fingerprint density at radius 2 is 1.71 bits per heavy atom. The predicted octanol–water partition coefficient (Wildman–Crippen LogP) is 2.43. The van der Waals surface area contributed by atoms with E-state index in [0.29, 0.717) is 18.5 Å². The van der Waals surface area contributed by atoms with Crippen LogP contribution in [0.15, 0.2) is 42.5 Å². The summed E-state index contributed by atoms with van der Waals surface area (Å²) in [5.74, 6) is 0.310. The average molecular weight is 327 g/mol. The summed E-state index contributed by atoms with van der Waals surface area (Å²) in [6.45, 7) is 0.780. The molecule has 3 rings (SSSR count). The molecule has 6 heteroatoms. The third-order valence-electron chi connectivity index (χ3n) is 3.90. The second kappa shape index (κ2) is 6.62. The normalized spacial score (nSPS) is 12.0. The Morgan fingerprint density at radius 1 is 1.04 bits per heavy atom. The summed E-state index contributed by atoms with van der Waals surface area (Å²) in [4.78, 5) is 24.8. The second-order valence-electron chi connectivity index (χ2n) is 5.55. The zero-order valence-corrected chi connectivity index (χ0v) is 13.2. The van der Waals surface area contributed by atoms with E-state index in [2.05, 4.69) is 0 Å². The van der Waals surface area contributed by atoms with Gasteiger partial charge in [0.15, 0.2) is 11.5 Å². The van der Waals surface area contributed by atoms with Gasteiger partial charge in [0.05, 0.1) is 5.56 Å². The maximum atomic E-state index is 12.4. The van der Waals surface area contributed by atoms with Crippen LogP contribution < -0.4 is 9.47 Å². The van der Waals surface area contributed by atoms with Gasteiger partial charge in [-0.05, 0) is 48.4 Å². The Hall–Kier alpha value is -3.02. The maximum Gasteiger partial charge on any atom is 0.335 e. The molecule has 1 aliphatic rings. The number of carbonyl (C=O) groups excluding carboxylic acids is 1. The molecule has 0 fully saturated rings. The van der Waals surface area contributed by atoms with Crippen LogP contribution >= 0.6 is 0 Å². The number of benzene rings is 2. The number of rotatable bonds is 5. The van der Waals surface area contributed by atoms with Gasteiger partial charge in [0.25, 0.3) is 5.91 Å². The lowest BCUT2D eigenvalue weighted by atomic mass is 10.1. The molecule has 0 radical (unpaired) electrons. The minimum atomic E-state index is -1.01. The van der Waals surface area contributed by atoms with Crippen LogP contribution in [-0.2, 0) is 6.42 Å². The van der Waals surface area contributed by atoms with Crippen molar-refractivity contribution in [2.75, 3.05) is 20.4 Å². The Balaban J connectivity index is 1.60. The molecule has 0 saturated carbocycles. The van der Waals surface area contributed by atoms with Crippen LogP contribution in [0.2, 0.25) is 0 Å². The minimum absolute atomic E-state index is 0.146. The van der Waals surface area contributed by atoms with Crippen LogP contribution in [0.1, 0.15) is 26.3 Å². The predicted molar refractivity (Wildman–Crippen MR) is 86.6 cm³/mol. The molecule has 1 aliphatic heterocycles. The van der Waals surface area contributed by atoms with Gasteiger partial charge >= 0.3 is 5.97 Å². The van der Waals surface area contributed by atoms with E-state index < -0.39 is 5.97 Å². The molecule has 2 aromatic rings. The van der Waals surface area contributed by atoms with Crippen molar-refractivity contribution in [2.24, 2.45) is 0 Å². The van der Waals surface area contributed by atoms with Gasteiger partial charge in [0, 0.05) is 19.2 Å². The van der Waals surface area contributed by atoms with Crippen LogP contribution in [0.4, 0.5) is 0 Å². The monoisotopic (exact) mass is 327 g/mol. The van der Waals surface area contributed by atoms with E-state index in [0.717, 1.165) is 17.1 Å². The molecule has 0 bridgehead atoms. The number of amides is 1. The highest BCUT2D eigenvalue weighted by molar-refractivity contribution is 5.95. The van der Waals surface area contributed by atoms with E-state index in [1.165, 1.54) is 24.3 Å². The average Bonchev–Trinajstić information content (AvgIpc) is 3.06. The highest BCUT2D eigenvalue weighted by Crippen LogP contribution is 2.32. The molecule has 0 saturated heterocycles. The summed E-state index contributed by atoms with van der Waals surface area (Å²) in [5.41, 5.74) is 1.68. The lowest BCUT2D eigenvalue weighted by molar-refractivity contribution is 0.0695. The van der Waals surface area contributed by atoms with Gasteiger partial charge in [0.2, 0.25) is 6.79 Å². The topological polar surface area (TPSA) is 76.1 Å². The molecule has 0 atom stereocenters. The van der Waals surface area contributed by atoms with Gasteiger partial charge in [-0.15, -0.1) is 0 Å². The SMILES string of the molecule is CN(CCc1ccc2c(c1)OCO2)C(=O)c1ccc(C(=O)O)cc1. The van der Waals surface area contributed by atoms with Crippen LogP contribution in [0.25, 0.3) is 0 Å². The van der Waals surface area contributed by atoms with E-state index in [-0.39, 0.29) is 18.3 Å². The molecule has 1 amide bonds. The van der Waals surface area contributed by atoms with Gasteiger partial charge in [-0.2, -0.15) is 0 Å². The summed E-state index contributed by atoms with van der Waals surface area (Å²) in [6, 6.07) is 11.7. The number of hydrogen-bond donors (Lipinski definition) is 1. The molecule has 1 N–H and O–H groups in total. The number of aromatic carboxylic acids is 1. The summed E-state index contributed by atoms with van der Waals surface area (Å²) >= 11 is 0. The molecule has 6 nitrogen and oxygen atoms in total. The molecule has 0 aliphatic carbocycles. The number of ether oxygens (including phenoxy) is 2. The summed E-state index contributed by atoms with van der Waals surface area (Å²) in [7, 11) is 1.72. The Bertz CT molecular complexity index is 769. The molecular formula is C18H17NO5. The van der Waals surface area contributed by atoms with Gasteiger partial charge in [-0.3, -0.25) is 4.79 Å². The Labute approximate surface area is 139 Å². The van der Waals surface area contributed by atoms with Crippen molar-refractivity contribution in [3.63, 3.8) is 0 Å². The number of carbonyl (C=O) groups is 2. The molecule has 124 valence electrons. The lowest BCUT2D eigenvalue weighted by Gasteiger charge is -2.17. The fourth-order valence-electron chi connectivity index (χ4n) is 2.47. The molecule has 0 unspecified atom stereocenters. The van der Waals surface area contributed by atoms with Crippen molar-refractivity contribution in [3.05, 3.63) is 59.2 Å². The molecule has 0 aromatic heterocycles. The standard InChI is InChI=1S/C18H17NO5/c1-19(17(20)13-3-5-14(6-4-13)18(21)22)9-8-12-2-7-15-16(10-12)24-11-23-15/h2-7,10H,8-9,11H2,1H3,(H,21,22). The van der Waals surface area contributed by atoms with Crippen molar-refractivity contribution in [3.8, 4) is 11.5 Å². The first-order chi connectivity index (χ1) is 11.5. The van der Waals surface area contributed by atoms with E-state index in [9.17, 15) is 9.59 Å². The van der Waals surface area contributed by atoms with E-state index >= 15 is 0 Å². The van der Waals surface area contributed by atoms with Gasteiger partial charge in [-0.1, -0.05) is 6.07 Å². The fraction of sp³-hybridized carbons (Fsp3) is 0.222. The van der Waals surface area contributed by atoms with Gasteiger partial charge < -0.3 is 19.5 Å². The van der Waals surface area contributed by atoms with Gasteiger partial charge in [0.1, 0.15) is 0 Å². The van der Waals surface area contributed by atoms with Crippen molar-refractivity contribution >= 4 is 11.9 Å². The van der Waals surface area contributed by atoms with Crippen molar-refractivity contribution in [1.29, 1.82) is 0 Å². The first-order valence-electron chi connectivity index (χ1n) is 7.52. The van der Waals surface area contributed by atoms with Crippen molar-refractivity contribution < 1.29 is 24.2 Å². The molecule has 1 heterocycles. The first kappa shape index (κ1) is 15.9. The molecule has 2 aromatic carbocycles. The maximum absolute atomic E-state index is 12.4. The van der Waals surface area contributed by atoms with Gasteiger partial charge in [-0.25, -0.2) is 4.79 Å². The smallest absolute Gasteiger partial charge is 0.335 e. The largest absolute Gasteiger partial charge is 0.478 e. The summed E-state index contributed by atoms with van der Waals surface area (Å²) in [6.07, 6.45) is 0.687. The third-order valence-corrected chi connectivity index (χ3v) is 3.90. The van der Waals surface area contributed by atoms with Crippen LogP contribution in [-0.4, -0.2) is 42.3 Å². The Kier molecular flexibility index (Phi) is 4.37. The number of fused-ring (bicyclic) bond motifs is 1. The molecule has 24 heavy (non-hydrogen) atoms. The highest BCUT2D eigenvalue weighted by atomic mass is 16.7. The first-order valence-corrected chi connectivity index (χ1v) is 7.52. The van der Waals surface area contributed by atoms with E-state index in [1.807, 2.05) is 18.2 Å². The van der Waals surface area contributed by atoms with Crippen LogP contribution in [0.5, 0.6) is 11.5 Å². The second-order valence-corrected chi connectivity index (χ2v) is 5.55. The third kappa shape index (κ3) is 3.32. The number of nitrogens with zero attached hydrogens (tertiary/aromatic N) is 1. The molecule has 0 spiro atoms. The van der Waals surface area contributed by atoms with Crippen LogP contribution in [0.3, 0.4) is 0 Å². The quantitative estimate of drug-likeness (QED) is 0.913. The van der Waals surface area contributed by atoms with E-state index in [1.54, 1.807) is 11.9 Å². The van der Waals surface area contributed by atoms with Crippen molar-refractivity contribution in [1.82, 2.24) is 4.90 Å². The minimum Gasteiger partial charge on any atom is -0.478 e. The lowest BCUT2D eigenvalue weighted by Crippen LogP contribution is -2.28. The number of hydrogen-bond acceptors (Lipinski definition) is 4. The molecular weight excluding hydrogens is 310 g/mol. The van der Waals surface area contributed by atoms with E-state index in [4.69, 9.17) is 14.6 Å². The number of carboxylic acid groups (broad SMARTS) is 1. The summed E-state index contributed by atoms with van der Waals surface area (Å²) in [5, 5.41) is 8.89. The number of likely N-dealkylation sites (N-methyl/N-ethyl adjacent to an activating group) is 1. The zero-order chi connectivity index (χ0) is 17.1. The highest BCUT2D eigenvalue weighted by Gasteiger charge is 2.15. The fourth-order valence-corrected chi connectivity index (χ4v) is 2.47. The van der Waals surface area contributed by atoms with Crippen LogP contribution in [0, 0.1) is 0 Å². The Morgan fingerprint density at radius 3 is 2.42 bits per heavy atom. The van der Waals surface area contributed by atoms with Crippen molar-refractivity contribution in [2.45, 2.75) is 6.42 Å². The summed E-state index contributed by atoms with van der Waals surface area (Å²) < 4.78 is 10.6. The number of carboxylic acids is 1. The zero-order valence-electron chi connectivity index (χ0n) is 13.2.